The molecule has 2 aromatic rings. The van der Waals surface area contributed by atoms with Crippen molar-refractivity contribution in [3.8, 4) is 0 Å². The Balaban J connectivity index is 1.90. The molecule has 0 bridgehead atoms. The van der Waals surface area contributed by atoms with Gasteiger partial charge in [0.05, 0.1) is 6.54 Å². The number of hydrogen-bond donors (Lipinski definition) is 1. The summed E-state index contributed by atoms with van der Waals surface area (Å²) in [5, 5.41) is 4.76. The molecule has 0 saturated heterocycles. The van der Waals surface area contributed by atoms with Crippen LogP contribution < -0.4 is 5.32 Å². The van der Waals surface area contributed by atoms with E-state index in [1.807, 2.05) is 6.07 Å². The topological polar surface area (TPSA) is 28.4 Å². The van der Waals surface area contributed by atoms with E-state index in [4.69, 9.17) is 4.42 Å². The molecule has 1 aliphatic rings. The first-order valence-electron chi connectivity index (χ1n) is 8.15. The number of para-hydroxylation sites is 1. The molecule has 0 aliphatic heterocycles. The molecule has 0 spiro atoms. The van der Waals surface area contributed by atoms with E-state index >= 15 is 0 Å². The lowest BCUT2D eigenvalue weighted by Gasteiger charge is -2.20. The molecule has 114 valence electrons. The molecule has 0 amide bonds. The molecule has 1 heterocycles. The van der Waals surface area contributed by atoms with Crippen LogP contribution in [-0.4, -0.2) is 23.5 Å². The SMILES string of the molecule is CCN(Cc1c(CNC(C)C)oc2ccccc12)C1CC1. The summed E-state index contributed by atoms with van der Waals surface area (Å²) in [6.07, 6.45) is 2.70. The van der Waals surface area contributed by atoms with Crippen molar-refractivity contribution in [3.63, 3.8) is 0 Å². The molecule has 3 heteroatoms. The molecular weight excluding hydrogens is 260 g/mol. The first kappa shape index (κ1) is 14.6. The third kappa shape index (κ3) is 3.30. The number of nitrogens with zero attached hydrogens (tertiary/aromatic N) is 1. The van der Waals surface area contributed by atoms with Gasteiger partial charge in [-0.1, -0.05) is 39.0 Å². The molecule has 0 atom stereocenters. The van der Waals surface area contributed by atoms with Crippen LogP contribution in [0.5, 0.6) is 0 Å². The summed E-state index contributed by atoms with van der Waals surface area (Å²) >= 11 is 0. The van der Waals surface area contributed by atoms with Crippen LogP contribution in [0.1, 0.15) is 44.9 Å². The molecule has 3 nitrogen and oxygen atoms in total. The Morgan fingerprint density at radius 2 is 2.05 bits per heavy atom. The van der Waals surface area contributed by atoms with Gasteiger partial charge in [0, 0.05) is 29.6 Å². The van der Waals surface area contributed by atoms with Gasteiger partial charge in [0.15, 0.2) is 0 Å². The quantitative estimate of drug-likeness (QED) is 0.836. The molecule has 21 heavy (non-hydrogen) atoms. The molecule has 1 fully saturated rings. The monoisotopic (exact) mass is 286 g/mol. The summed E-state index contributed by atoms with van der Waals surface area (Å²) < 4.78 is 6.11. The zero-order chi connectivity index (χ0) is 14.8. The number of hydrogen-bond acceptors (Lipinski definition) is 3. The van der Waals surface area contributed by atoms with Gasteiger partial charge in [-0.3, -0.25) is 4.90 Å². The van der Waals surface area contributed by atoms with Gasteiger partial charge in [0.25, 0.3) is 0 Å². The van der Waals surface area contributed by atoms with Crippen molar-refractivity contribution in [1.29, 1.82) is 0 Å². The van der Waals surface area contributed by atoms with E-state index in [1.165, 1.54) is 23.8 Å². The third-order valence-corrected chi connectivity index (χ3v) is 4.28. The maximum absolute atomic E-state index is 6.11. The minimum atomic E-state index is 0.469. The Bertz CT molecular complexity index is 598. The van der Waals surface area contributed by atoms with Gasteiger partial charge in [-0.2, -0.15) is 0 Å². The Morgan fingerprint density at radius 1 is 1.29 bits per heavy atom. The summed E-state index contributed by atoms with van der Waals surface area (Å²) in [6, 6.07) is 9.67. The van der Waals surface area contributed by atoms with Crippen LogP contribution in [0, 0.1) is 0 Å². The normalized spacial score (nSPS) is 15.5. The smallest absolute Gasteiger partial charge is 0.134 e. The van der Waals surface area contributed by atoms with Gasteiger partial charge in [-0.05, 0) is 25.5 Å². The largest absolute Gasteiger partial charge is 0.459 e. The zero-order valence-corrected chi connectivity index (χ0v) is 13.4. The van der Waals surface area contributed by atoms with Gasteiger partial charge in [0.1, 0.15) is 11.3 Å². The fraction of sp³-hybridized carbons (Fsp3) is 0.556. The first-order valence-corrected chi connectivity index (χ1v) is 8.15. The minimum absolute atomic E-state index is 0.469. The Morgan fingerprint density at radius 3 is 2.71 bits per heavy atom. The van der Waals surface area contributed by atoms with Crippen LogP contribution in [0.2, 0.25) is 0 Å². The summed E-state index contributed by atoms with van der Waals surface area (Å²) in [7, 11) is 0. The lowest BCUT2D eigenvalue weighted by Crippen LogP contribution is -2.26. The van der Waals surface area contributed by atoms with Crippen molar-refractivity contribution in [2.45, 2.75) is 58.8 Å². The van der Waals surface area contributed by atoms with Gasteiger partial charge in [-0.15, -0.1) is 0 Å². The lowest BCUT2D eigenvalue weighted by atomic mass is 10.1. The molecule has 1 aromatic heterocycles. The number of furan rings is 1. The van der Waals surface area contributed by atoms with Gasteiger partial charge < -0.3 is 9.73 Å². The molecule has 0 radical (unpaired) electrons. The number of benzene rings is 1. The second-order valence-corrected chi connectivity index (χ2v) is 6.33. The number of fused-ring (bicyclic) bond motifs is 1. The second kappa shape index (κ2) is 6.20. The van der Waals surface area contributed by atoms with E-state index in [1.54, 1.807) is 0 Å². The standard InChI is InChI=1S/C18H26N2O/c1-4-20(14-9-10-14)12-16-15-7-5-6-8-17(15)21-18(16)11-19-13(2)3/h5-8,13-14,19H,4,9-12H2,1-3H3. The van der Waals surface area contributed by atoms with E-state index < -0.39 is 0 Å². The predicted molar refractivity (Wildman–Crippen MR) is 87.3 cm³/mol. The van der Waals surface area contributed by atoms with E-state index in [9.17, 15) is 0 Å². The van der Waals surface area contributed by atoms with E-state index in [0.717, 1.165) is 37.0 Å². The highest BCUT2D eigenvalue weighted by Gasteiger charge is 2.29. The second-order valence-electron chi connectivity index (χ2n) is 6.33. The van der Waals surface area contributed by atoms with Crippen molar-refractivity contribution in [2.75, 3.05) is 6.54 Å². The Kier molecular flexibility index (Phi) is 4.32. The van der Waals surface area contributed by atoms with Gasteiger partial charge >= 0.3 is 0 Å². The lowest BCUT2D eigenvalue weighted by molar-refractivity contribution is 0.267. The Hall–Kier alpha value is -1.32. The highest BCUT2D eigenvalue weighted by Crippen LogP contribution is 2.32. The van der Waals surface area contributed by atoms with Crippen molar-refractivity contribution >= 4 is 11.0 Å². The average molecular weight is 286 g/mol. The minimum Gasteiger partial charge on any atom is -0.459 e. The highest BCUT2D eigenvalue weighted by molar-refractivity contribution is 5.82. The van der Waals surface area contributed by atoms with Crippen LogP contribution in [0.15, 0.2) is 28.7 Å². The fourth-order valence-corrected chi connectivity index (χ4v) is 2.90. The van der Waals surface area contributed by atoms with Crippen LogP contribution >= 0.6 is 0 Å². The highest BCUT2D eigenvalue weighted by atomic mass is 16.3. The van der Waals surface area contributed by atoms with E-state index in [-0.39, 0.29) is 0 Å². The number of rotatable bonds is 7. The number of nitrogens with one attached hydrogen (secondary N) is 1. The zero-order valence-electron chi connectivity index (χ0n) is 13.4. The van der Waals surface area contributed by atoms with Gasteiger partial charge in [-0.25, -0.2) is 0 Å². The van der Waals surface area contributed by atoms with Crippen molar-refractivity contribution < 1.29 is 4.42 Å². The molecule has 1 saturated carbocycles. The third-order valence-electron chi connectivity index (χ3n) is 4.28. The van der Waals surface area contributed by atoms with Crippen molar-refractivity contribution in [3.05, 3.63) is 35.6 Å². The molecule has 1 aromatic carbocycles. The Labute approximate surface area is 127 Å². The maximum Gasteiger partial charge on any atom is 0.134 e. The molecule has 0 unspecified atom stereocenters. The van der Waals surface area contributed by atoms with Crippen LogP contribution in [0.4, 0.5) is 0 Å². The van der Waals surface area contributed by atoms with Crippen molar-refractivity contribution in [1.82, 2.24) is 10.2 Å². The maximum atomic E-state index is 6.11. The fourth-order valence-electron chi connectivity index (χ4n) is 2.90. The average Bonchev–Trinajstić information content (AvgIpc) is 3.25. The first-order chi connectivity index (χ1) is 10.2. The van der Waals surface area contributed by atoms with Gasteiger partial charge in [0.2, 0.25) is 0 Å². The predicted octanol–water partition coefficient (Wildman–Crippen LogP) is 3.92. The van der Waals surface area contributed by atoms with Crippen molar-refractivity contribution in [2.24, 2.45) is 0 Å². The summed E-state index contributed by atoms with van der Waals surface area (Å²) in [5.41, 5.74) is 2.38. The molecule has 1 aliphatic carbocycles. The van der Waals surface area contributed by atoms with Crippen LogP contribution in [0.3, 0.4) is 0 Å². The van der Waals surface area contributed by atoms with E-state index in [2.05, 4.69) is 49.2 Å². The summed E-state index contributed by atoms with van der Waals surface area (Å²) in [4.78, 5) is 2.58. The van der Waals surface area contributed by atoms with E-state index in [0.29, 0.717) is 6.04 Å². The molecule has 3 rings (SSSR count). The van der Waals surface area contributed by atoms with Crippen LogP contribution in [0.25, 0.3) is 11.0 Å². The van der Waals surface area contributed by atoms with Crippen LogP contribution in [-0.2, 0) is 13.1 Å². The molecular formula is C18H26N2O. The summed E-state index contributed by atoms with van der Waals surface area (Å²) in [6.45, 7) is 9.53. The molecule has 1 N–H and O–H groups in total. The summed E-state index contributed by atoms with van der Waals surface area (Å²) in [5.74, 6) is 1.10.